The second-order valence-electron chi connectivity index (χ2n) is 2.21. The number of carbonyl (C=O) groups is 1. The third-order valence-electron chi connectivity index (χ3n) is 1.04. The van der Waals surface area contributed by atoms with Crippen LogP contribution in [0, 0.1) is 0 Å². The number of hydrogen-bond acceptors (Lipinski definition) is 2. The van der Waals surface area contributed by atoms with Crippen molar-refractivity contribution in [2.45, 2.75) is 19.8 Å². The van der Waals surface area contributed by atoms with Crippen LogP contribution in [-0.4, -0.2) is 16.2 Å². The van der Waals surface area contributed by atoms with Crippen LogP contribution in [0.4, 0.5) is 0 Å². The summed E-state index contributed by atoms with van der Waals surface area (Å²) in [7, 11) is 1.13. The molecule has 0 heterocycles. The van der Waals surface area contributed by atoms with Crippen molar-refractivity contribution in [1.29, 1.82) is 0 Å². The third kappa shape index (κ3) is 5.60. The molecule has 0 aromatic rings. The van der Waals surface area contributed by atoms with E-state index in [9.17, 15) is 4.79 Å². The van der Waals surface area contributed by atoms with Gasteiger partial charge in [0.2, 0.25) is 0 Å². The zero-order valence-corrected chi connectivity index (χ0v) is 9.09. The van der Waals surface area contributed by atoms with Crippen molar-refractivity contribution < 1.29 is 9.53 Å². The average molecular weight is 170 g/mol. The molecule has 0 atom stereocenters. The van der Waals surface area contributed by atoms with E-state index in [2.05, 4.69) is 6.58 Å². The lowest BCUT2D eigenvalue weighted by molar-refractivity contribution is -0.137. The van der Waals surface area contributed by atoms with Gasteiger partial charge in [0.25, 0.3) is 0 Å². The van der Waals surface area contributed by atoms with Crippen molar-refractivity contribution in [2.75, 3.05) is 0 Å². The van der Waals surface area contributed by atoms with Crippen molar-refractivity contribution in [3.8, 4) is 0 Å². The van der Waals surface area contributed by atoms with E-state index in [0.29, 0.717) is 0 Å². The predicted octanol–water partition coefficient (Wildman–Crippen LogP) is 0.722. The van der Waals surface area contributed by atoms with Gasteiger partial charge >= 0.3 is 5.97 Å². The minimum atomic E-state index is -0.212. The largest absolute Gasteiger partial charge is 0.432 e. The summed E-state index contributed by atoms with van der Waals surface area (Å²) in [5.41, 5.74) is 1.89. The number of hydrogen-bond donors (Lipinski definition) is 0. The summed E-state index contributed by atoms with van der Waals surface area (Å²) in [5, 5.41) is 0. The van der Waals surface area contributed by atoms with E-state index in [1.54, 1.807) is 0 Å². The molecule has 0 unspecified atom stereocenters. The van der Waals surface area contributed by atoms with Crippen LogP contribution in [0.5, 0.6) is 0 Å². The minimum Gasteiger partial charge on any atom is -0.432 e. The molecule has 2 nitrogen and oxygen atoms in total. The summed E-state index contributed by atoms with van der Waals surface area (Å²) in [6.45, 7) is 4.84. The molecule has 0 spiro atoms. The monoisotopic (exact) mass is 170 g/mol. The van der Waals surface area contributed by atoms with Gasteiger partial charge in [-0.2, -0.15) is 0 Å². The first-order valence-corrected chi connectivity index (χ1v) is 4.80. The quantitative estimate of drug-likeness (QED) is 0.428. The fourth-order valence-corrected chi connectivity index (χ4v) is 0.539. The molecule has 0 radical (unpaired) electrons. The number of carbonyl (C=O) groups excluding carboxylic acids is 1. The van der Waals surface area contributed by atoms with Crippen LogP contribution in [0.25, 0.3) is 0 Å². The maximum absolute atomic E-state index is 10.2. The van der Waals surface area contributed by atoms with Gasteiger partial charge < -0.3 is 4.74 Å². The van der Waals surface area contributed by atoms with E-state index in [4.69, 9.17) is 4.74 Å². The molecule has 62 valence electrons. The molecule has 0 fully saturated rings. The van der Waals surface area contributed by atoms with E-state index in [-0.39, 0.29) is 5.97 Å². The van der Waals surface area contributed by atoms with Crippen molar-refractivity contribution in [3.05, 3.63) is 24.1 Å². The molecule has 0 aromatic carbocycles. The molecule has 3 heteroatoms. The Labute approximate surface area is 70.4 Å². The summed E-state index contributed by atoms with van der Waals surface area (Å²) in [6, 6.07) is 0. The van der Waals surface area contributed by atoms with Gasteiger partial charge in [0, 0.05) is 23.6 Å². The van der Waals surface area contributed by atoms with E-state index in [1.807, 2.05) is 11.8 Å². The Bertz CT molecular complexity index is 173. The molecular formula is C8H14O2Si. The Morgan fingerprint density at radius 2 is 2.36 bits per heavy atom. The first kappa shape index (κ1) is 10.2. The van der Waals surface area contributed by atoms with Gasteiger partial charge in [-0.1, -0.05) is 0 Å². The van der Waals surface area contributed by atoms with Gasteiger partial charge in [-0.15, -0.1) is 12.3 Å². The summed E-state index contributed by atoms with van der Waals surface area (Å²) >= 11 is 0. The molecule has 1 aliphatic rings. The molecule has 0 aromatic heterocycles. The lowest BCUT2D eigenvalue weighted by atomic mass is 10.1. The molecule has 1 rings (SSSR count). The van der Waals surface area contributed by atoms with Crippen LogP contribution in [-0.2, 0) is 9.53 Å². The van der Waals surface area contributed by atoms with Crippen molar-refractivity contribution in [3.63, 3.8) is 0 Å². The highest BCUT2D eigenvalue weighted by molar-refractivity contribution is 6.16. The normalized spacial score (nSPS) is 13.4. The van der Waals surface area contributed by atoms with Gasteiger partial charge in [-0.25, -0.2) is 0 Å². The Hall–Kier alpha value is -0.833. The topological polar surface area (TPSA) is 26.3 Å². The van der Waals surface area contributed by atoms with Gasteiger partial charge in [-0.3, -0.25) is 4.79 Å². The molecule has 0 aliphatic heterocycles. The molecule has 0 saturated heterocycles. The predicted molar refractivity (Wildman–Crippen MR) is 49.2 cm³/mol. The zero-order chi connectivity index (χ0) is 8.69. The van der Waals surface area contributed by atoms with Crippen molar-refractivity contribution >= 4 is 16.2 Å². The molecule has 11 heavy (non-hydrogen) atoms. The fourth-order valence-electron chi connectivity index (χ4n) is 0.539. The van der Waals surface area contributed by atoms with Crippen LogP contribution in [0.2, 0.25) is 0 Å². The summed E-state index contributed by atoms with van der Waals surface area (Å²) in [4.78, 5) is 10.2. The molecular weight excluding hydrogens is 156 g/mol. The molecule has 0 amide bonds. The van der Waals surface area contributed by atoms with Crippen molar-refractivity contribution in [2.24, 2.45) is 0 Å². The van der Waals surface area contributed by atoms with E-state index >= 15 is 0 Å². The van der Waals surface area contributed by atoms with Crippen LogP contribution >= 0.6 is 0 Å². The van der Waals surface area contributed by atoms with Gasteiger partial charge in [0.05, 0.1) is 0 Å². The van der Waals surface area contributed by atoms with Crippen LogP contribution in [0.3, 0.4) is 0 Å². The van der Waals surface area contributed by atoms with Crippen LogP contribution < -0.4 is 0 Å². The average Bonchev–Trinajstić information content (AvgIpc) is 1.81. The maximum atomic E-state index is 10.2. The highest BCUT2D eigenvalue weighted by atomic mass is 28.1. The number of ether oxygens (including phenoxy) is 1. The van der Waals surface area contributed by atoms with Crippen molar-refractivity contribution in [1.82, 2.24) is 0 Å². The van der Waals surface area contributed by atoms with E-state index in [1.165, 1.54) is 6.92 Å². The van der Waals surface area contributed by atoms with Crippen LogP contribution in [0.1, 0.15) is 19.8 Å². The summed E-state index contributed by atoms with van der Waals surface area (Å²) < 4.78 is 4.71. The first-order valence-electron chi connectivity index (χ1n) is 3.65. The van der Waals surface area contributed by atoms with Gasteiger partial charge in [0.15, 0.2) is 0 Å². The summed E-state index contributed by atoms with van der Waals surface area (Å²) in [5.74, 6) is 0.619. The standard InChI is InChI=1S/C6H8O2.C2H6Si/c1-5(7)8-6-3-2-4-6;1-2-3/h3H,2,4H2,1H3;2H,1H2,3H3. The Balaban J connectivity index is 0.000000292. The molecule has 0 bridgehead atoms. The molecule has 1 aliphatic carbocycles. The SMILES string of the molecule is C=C[SiH3].CC(=O)OC1=CCC1. The number of rotatable bonds is 1. The smallest absolute Gasteiger partial charge is 0.307 e. The van der Waals surface area contributed by atoms with E-state index < -0.39 is 0 Å². The molecule has 0 N–H and O–H groups in total. The highest BCUT2D eigenvalue weighted by Gasteiger charge is 2.07. The minimum absolute atomic E-state index is 0.212. The number of esters is 1. The van der Waals surface area contributed by atoms with Crippen LogP contribution in [0.15, 0.2) is 24.1 Å². The molecule has 0 saturated carbocycles. The third-order valence-corrected chi connectivity index (χ3v) is 1.04. The zero-order valence-electron chi connectivity index (χ0n) is 7.09. The number of allylic oxidation sites excluding steroid dienone is 2. The van der Waals surface area contributed by atoms with Gasteiger partial charge in [-0.05, 0) is 12.5 Å². The van der Waals surface area contributed by atoms with E-state index in [0.717, 1.165) is 28.8 Å². The van der Waals surface area contributed by atoms with Gasteiger partial charge in [0.1, 0.15) is 5.76 Å². The Kier molecular flexibility index (Phi) is 5.47. The second kappa shape index (κ2) is 5.92. The highest BCUT2D eigenvalue weighted by Crippen LogP contribution is 2.18. The fraction of sp³-hybridized carbons (Fsp3) is 0.375. The second-order valence-corrected chi connectivity index (χ2v) is 3.03. The summed E-state index contributed by atoms with van der Waals surface area (Å²) in [6.07, 6.45) is 3.91. The first-order chi connectivity index (χ1) is 5.20. The maximum Gasteiger partial charge on any atom is 0.307 e. The Morgan fingerprint density at radius 3 is 2.45 bits per heavy atom. The lowest BCUT2D eigenvalue weighted by Crippen LogP contribution is -2.03. The Morgan fingerprint density at radius 1 is 1.91 bits per heavy atom. The lowest BCUT2D eigenvalue weighted by Gasteiger charge is -2.11.